The van der Waals surface area contributed by atoms with Gasteiger partial charge in [-0.1, -0.05) is 0 Å². The molecule has 4 N–H and O–H groups in total. The van der Waals surface area contributed by atoms with Crippen LogP contribution in [0.5, 0.6) is 11.5 Å². The number of pyridine rings is 2. The maximum Gasteiger partial charge on any atom is 0.412 e. The zero-order valence-electron chi connectivity index (χ0n) is 18.3. The fourth-order valence-electron chi connectivity index (χ4n) is 2.81. The standard InChI is InChI=1S/C22H25N5O5/c1-5-30-20(28)27-18-16(10-12-25-19(18)23)31-15-9-8-14(17-13(15)7-6-11-24-17)26-21(29)32-22(2,3)4/h6-12H,5H2,1-4H3,(H2,23,25)(H,26,29)(H,27,28). The quantitative estimate of drug-likeness (QED) is 0.509. The summed E-state index contributed by atoms with van der Waals surface area (Å²) >= 11 is 0. The molecule has 0 saturated carbocycles. The summed E-state index contributed by atoms with van der Waals surface area (Å²) in [7, 11) is 0. The number of benzene rings is 1. The molecule has 0 atom stereocenters. The lowest BCUT2D eigenvalue weighted by atomic mass is 10.1. The summed E-state index contributed by atoms with van der Waals surface area (Å²) in [5.74, 6) is 0.769. The second-order valence-electron chi connectivity index (χ2n) is 7.65. The van der Waals surface area contributed by atoms with Crippen molar-refractivity contribution in [3.05, 3.63) is 42.7 Å². The molecule has 0 fully saturated rings. The van der Waals surface area contributed by atoms with Gasteiger partial charge >= 0.3 is 12.2 Å². The average molecular weight is 439 g/mol. The number of anilines is 3. The topological polar surface area (TPSA) is 138 Å². The lowest BCUT2D eigenvalue weighted by molar-refractivity contribution is 0.0636. The number of aromatic nitrogens is 2. The van der Waals surface area contributed by atoms with Crippen molar-refractivity contribution in [2.75, 3.05) is 23.0 Å². The summed E-state index contributed by atoms with van der Waals surface area (Å²) in [4.78, 5) is 32.5. The zero-order chi connectivity index (χ0) is 23.3. The van der Waals surface area contributed by atoms with Gasteiger partial charge in [0.1, 0.15) is 17.0 Å². The Morgan fingerprint density at radius 3 is 2.50 bits per heavy atom. The average Bonchev–Trinajstić information content (AvgIpc) is 2.71. The van der Waals surface area contributed by atoms with Crippen LogP contribution < -0.4 is 21.1 Å². The Hall–Kier alpha value is -4.08. The van der Waals surface area contributed by atoms with Gasteiger partial charge in [0.2, 0.25) is 0 Å². The molecule has 0 unspecified atom stereocenters. The predicted octanol–water partition coefficient (Wildman–Crippen LogP) is 4.92. The molecule has 0 radical (unpaired) electrons. The van der Waals surface area contributed by atoms with E-state index in [-0.39, 0.29) is 23.9 Å². The minimum atomic E-state index is -0.680. The van der Waals surface area contributed by atoms with E-state index in [9.17, 15) is 9.59 Å². The lowest BCUT2D eigenvalue weighted by Gasteiger charge is -2.20. The molecule has 0 bridgehead atoms. The Morgan fingerprint density at radius 1 is 1.00 bits per heavy atom. The van der Waals surface area contributed by atoms with Gasteiger partial charge in [-0.3, -0.25) is 15.6 Å². The van der Waals surface area contributed by atoms with Gasteiger partial charge in [0, 0.05) is 23.8 Å². The van der Waals surface area contributed by atoms with Crippen LogP contribution in [0.2, 0.25) is 0 Å². The van der Waals surface area contributed by atoms with E-state index in [1.165, 1.54) is 6.20 Å². The van der Waals surface area contributed by atoms with Crippen LogP contribution in [0.1, 0.15) is 27.7 Å². The summed E-state index contributed by atoms with van der Waals surface area (Å²) < 4.78 is 16.3. The Kier molecular flexibility index (Phi) is 6.62. The molecule has 2 amide bonds. The van der Waals surface area contributed by atoms with Crippen molar-refractivity contribution in [1.29, 1.82) is 0 Å². The van der Waals surface area contributed by atoms with E-state index >= 15 is 0 Å². The fourth-order valence-corrected chi connectivity index (χ4v) is 2.81. The Bertz CT molecular complexity index is 1140. The molecule has 0 aliphatic heterocycles. The van der Waals surface area contributed by atoms with Crippen molar-refractivity contribution in [2.24, 2.45) is 0 Å². The summed E-state index contributed by atoms with van der Waals surface area (Å²) in [6, 6.07) is 8.41. The monoisotopic (exact) mass is 439 g/mol. The first-order valence-corrected chi connectivity index (χ1v) is 9.91. The highest BCUT2D eigenvalue weighted by Gasteiger charge is 2.19. The van der Waals surface area contributed by atoms with E-state index in [0.29, 0.717) is 22.3 Å². The van der Waals surface area contributed by atoms with E-state index < -0.39 is 17.8 Å². The van der Waals surface area contributed by atoms with Crippen molar-refractivity contribution in [3.63, 3.8) is 0 Å². The van der Waals surface area contributed by atoms with Crippen molar-refractivity contribution in [2.45, 2.75) is 33.3 Å². The molecule has 0 saturated heterocycles. The van der Waals surface area contributed by atoms with Crippen LogP contribution in [0.4, 0.5) is 26.8 Å². The Balaban J connectivity index is 1.94. The third kappa shape index (κ3) is 5.54. The molecule has 3 aromatic rings. The first-order valence-electron chi connectivity index (χ1n) is 9.91. The molecule has 2 heterocycles. The van der Waals surface area contributed by atoms with Crippen LogP contribution in [0, 0.1) is 0 Å². The number of fused-ring (bicyclic) bond motifs is 1. The number of amides is 2. The molecule has 3 rings (SSSR count). The van der Waals surface area contributed by atoms with Gasteiger partial charge in [-0.25, -0.2) is 14.6 Å². The van der Waals surface area contributed by atoms with Gasteiger partial charge < -0.3 is 19.9 Å². The predicted molar refractivity (Wildman–Crippen MR) is 121 cm³/mol. The summed E-state index contributed by atoms with van der Waals surface area (Å²) in [6.07, 6.45) is 1.78. The van der Waals surface area contributed by atoms with Gasteiger partial charge in [0.25, 0.3) is 0 Å². The molecule has 1 aromatic carbocycles. The minimum Gasteiger partial charge on any atom is -0.454 e. The number of nitrogen functional groups attached to an aromatic ring is 1. The van der Waals surface area contributed by atoms with E-state index in [2.05, 4.69) is 20.6 Å². The van der Waals surface area contributed by atoms with E-state index in [0.717, 1.165) is 0 Å². The van der Waals surface area contributed by atoms with Crippen LogP contribution in [0.25, 0.3) is 10.9 Å². The van der Waals surface area contributed by atoms with Crippen molar-refractivity contribution < 1.29 is 23.8 Å². The highest BCUT2D eigenvalue weighted by molar-refractivity contribution is 6.00. The summed E-state index contributed by atoms with van der Waals surface area (Å²) in [5.41, 5.74) is 6.42. The van der Waals surface area contributed by atoms with E-state index in [4.69, 9.17) is 19.9 Å². The zero-order valence-corrected chi connectivity index (χ0v) is 18.3. The number of carbonyl (C=O) groups is 2. The molecule has 32 heavy (non-hydrogen) atoms. The van der Waals surface area contributed by atoms with Crippen LogP contribution in [-0.2, 0) is 9.47 Å². The van der Waals surface area contributed by atoms with Crippen molar-refractivity contribution >= 4 is 40.3 Å². The SMILES string of the molecule is CCOC(=O)Nc1c(Oc2ccc(NC(=O)OC(C)(C)C)c3ncccc23)ccnc1N. The van der Waals surface area contributed by atoms with Gasteiger partial charge in [-0.05, 0) is 52.0 Å². The van der Waals surface area contributed by atoms with Gasteiger partial charge in [-0.15, -0.1) is 0 Å². The Morgan fingerprint density at radius 2 is 1.78 bits per heavy atom. The van der Waals surface area contributed by atoms with E-state index in [1.54, 1.807) is 64.2 Å². The van der Waals surface area contributed by atoms with Crippen LogP contribution in [0.3, 0.4) is 0 Å². The summed E-state index contributed by atoms with van der Waals surface area (Å²) in [5, 5.41) is 5.88. The number of nitrogens with zero attached hydrogens (tertiary/aromatic N) is 2. The third-order valence-electron chi connectivity index (χ3n) is 4.03. The molecule has 0 spiro atoms. The molecular weight excluding hydrogens is 414 g/mol. The third-order valence-corrected chi connectivity index (χ3v) is 4.03. The number of hydrogen-bond acceptors (Lipinski definition) is 8. The smallest absolute Gasteiger partial charge is 0.412 e. The number of hydrogen-bond donors (Lipinski definition) is 3. The summed E-state index contributed by atoms with van der Waals surface area (Å²) in [6.45, 7) is 7.23. The number of rotatable bonds is 5. The molecule has 0 aliphatic carbocycles. The molecular formula is C22H25N5O5. The Labute approximate surface area is 185 Å². The number of carbonyl (C=O) groups excluding carboxylic acids is 2. The molecule has 168 valence electrons. The number of nitrogens with two attached hydrogens (primary N) is 1. The molecule has 10 heteroatoms. The highest BCUT2D eigenvalue weighted by Crippen LogP contribution is 2.37. The second-order valence-corrected chi connectivity index (χ2v) is 7.65. The van der Waals surface area contributed by atoms with Crippen LogP contribution in [-0.4, -0.2) is 34.4 Å². The highest BCUT2D eigenvalue weighted by atomic mass is 16.6. The fraction of sp³-hybridized carbons (Fsp3) is 0.273. The van der Waals surface area contributed by atoms with Crippen LogP contribution in [0.15, 0.2) is 42.7 Å². The second kappa shape index (κ2) is 9.38. The molecule has 2 aromatic heterocycles. The van der Waals surface area contributed by atoms with Gasteiger partial charge in [0.05, 0.1) is 17.8 Å². The first-order chi connectivity index (χ1) is 15.2. The maximum atomic E-state index is 12.2. The maximum absolute atomic E-state index is 12.2. The van der Waals surface area contributed by atoms with Gasteiger partial charge in [-0.2, -0.15) is 0 Å². The van der Waals surface area contributed by atoms with Crippen molar-refractivity contribution in [1.82, 2.24) is 9.97 Å². The largest absolute Gasteiger partial charge is 0.454 e. The lowest BCUT2D eigenvalue weighted by Crippen LogP contribution is -2.27. The van der Waals surface area contributed by atoms with Crippen molar-refractivity contribution in [3.8, 4) is 11.5 Å². The molecule has 10 nitrogen and oxygen atoms in total. The van der Waals surface area contributed by atoms with Crippen LogP contribution >= 0.6 is 0 Å². The number of ether oxygens (including phenoxy) is 3. The first kappa shape index (κ1) is 22.6. The number of nitrogens with one attached hydrogen (secondary N) is 2. The minimum absolute atomic E-state index is 0.0706. The molecule has 0 aliphatic rings. The normalized spacial score (nSPS) is 11.0. The van der Waals surface area contributed by atoms with Gasteiger partial charge in [0.15, 0.2) is 11.6 Å². The van der Waals surface area contributed by atoms with E-state index in [1.807, 2.05) is 0 Å².